The van der Waals surface area contributed by atoms with E-state index in [-0.39, 0.29) is 19.0 Å². The lowest BCUT2D eigenvalue weighted by Gasteiger charge is -2.33. The Bertz CT molecular complexity index is 262. The first-order chi connectivity index (χ1) is 7.49. The maximum atomic E-state index is 11.8. The average molecular weight is 229 g/mol. The van der Waals surface area contributed by atoms with Gasteiger partial charge < -0.3 is 19.8 Å². The second kappa shape index (κ2) is 5.81. The van der Waals surface area contributed by atoms with E-state index in [4.69, 9.17) is 5.11 Å². The molecular weight excluding hydrogens is 210 g/mol. The van der Waals surface area contributed by atoms with Crippen LogP contribution in [0.25, 0.3) is 0 Å². The van der Waals surface area contributed by atoms with Gasteiger partial charge in [0.1, 0.15) is 6.54 Å². The lowest BCUT2D eigenvalue weighted by molar-refractivity contribution is -0.837. The quantitative estimate of drug-likeness (QED) is 0.524. The molecule has 2 N–H and O–H groups in total. The van der Waals surface area contributed by atoms with Gasteiger partial charge in [-0.2, -0.15) is 0 Å². The minimum Gasteiger partial charge on any atom is -0.477 e. The molecule has 0 bridgehead atoms. The van der Waals surface area contributed by atoms with Crippen LogP contribution in [-0.4, -0.2) is 73.1 Å². The lowest BCUT2D eigenvalue weighted by atomic mass is 10.3. The van der Waals surface area contributed by atoms with E-state index in [2.05, 4.69) is 11.9 Å². The minimum absolute atomic E-state index is 0.0145. The van der Waals surface area contributed by atoms with Crippen LogP contribution in [0.4, 0.5) is 0 Å². The van der Waals surface area contributed by atoms with Gasteiger partial charge in [-0.05, 0) is 7.05 Å². The molecule has 0 aliphatic carbocycles. The highest BCUT2D eigenvalue weighted by Gasteiger charge is 2.20. The van der Waals surface area contributed by atoms with Crippen LogP contribution in [0.15, 0.2) is 0 Å². The molecule has 0 aromatic heterocycles. The molecule has 1 aliphatic heterocycles. The van der Waals surface area contributed by atoms with E-state index >= 15 is 0 Å². The first kappa shape index (κ1) is 12.9. The number of rotatable bonds is 4. The lowest BCUT2D eigenvalue weighted by Crippen LogP contribution is -3.09. The summed E-state index contributed by atoms with van der Waals surface area (Å²) in [6.07, 6.45) is 0. The SMILES string of the molecule is [CH2-][NH+](CC(=O)O)CC(=O)N1CCN(C)CC1. The van der Waals surface area contributed by atoms with Crippen molar-refractivity contribution in [3.8, 4) is 0 Å². The summed E-state index contributed by atoms with van der Waals surface area (Å²) in [7, 11) is 5.62. The summed E-state index contributed by atoms with van der Waals surface area (Å²) in [4.78, 5) is 26.6. The molecule has 92 valence electrons. The van der Waals surface area contributed by atoms with Gasteiger partial charge in [0.2, 0.25) is 0 Å². The van der Waals surface area contributed by atoms with Gasteiger partial charge in [0.25, 0.3) is 5.91 Å². The number of aliphatic carboxylic acids is 1. The largest absolute Gasteiger partial charge is 0.477 e. The van der Waals surface area contributed by atoms with E-state index in [1.54, 1.807) is 4.90 Å². The molecule has 16 heavy (non-hydrogen) atoms. The third-order valence-corrected chi connectivity index (χ3v) is 2.66. The van der Waals surface area contributed by atoms with Crippen LogP contribution in [0.2, 0.25) is 0 Å². The van der Waals surface area contributed by atoms with E-state index < -0.39 is 5.97 Å². The molecule has 6 nitrogen and oxygen atoms in total. The van der Waals surface area contributed by atoms with Crippen LogP contribution < -0.4 is 4.90 Å². The fourth-order valence-electron chi connectivity index (χ4n) is 1.66. The Kier molecular flexibility index (Phi) is 4.70. The van der Waals surface area contributed by atoms with E-state index in [0.29, 0.717) is 4.90 Å². The Labute approximate surface area is 95.4 Å². The van der Waals surface area contributed by atoms with E-state index in [9.17, 15) is 9.59 Å². The topological polar surface area (TPSA) is 65.3 Å². The van der Waals surface area contributed by atoms with Gasteiger partial charge in [0.05, 0.1) is 0 Å². The van der Waals surface area contributed by atoms with Crippen LogP contribution in [0.3, 0.4) is 0 Å². The van der Waals surface area contributed by atoms with E-state index in [1.807, 2.05) is 7.05 Å². The van der Waals surface area contributed by atoms with Gasteiger partial charge in [-0.25, -0.2) is 4.79 Å². The Morgan fingerprint density at radius 1 is 1.25 bits per heavy atom. The first-order valence-electron chi connectivity index (χ1n) is 5.34. The van der Waals surface area contributed by atoms with Gasteiger partial charge in [-0.15, -0.1) is 7.05 Å². The number of piperazine rings is 1. The van der Waals surface area contributed by atoms with Crippen molar-refractivity contribution in [1.82, 2.24) is 9.80 Å². The second-order valence-corrected chi connectivity index (χ2v) is 4.18. The molecule has 0 aromatic carbocycles. The molecule has 1 amide bonds. The first-order valence-corrected chi connectivity index (χ1v) is 5.34. The average Bonchev–Trinajstić information content (AvgIpc) is 2.16. The molecule has 1 aliphatic rings. The summed E-state index contributed by atoms with van der Waals surface area (Å²) in [6, 6.07) is 0. The zero-order valence-electron chi connectivity index (χ0n) is 9.61. The van der Waals surface area contributed by atoms with Crippen molar-refractivity contribution in [2.24, 2.45) is 0 Å². The van der Waals surface area contributed by atoms with Crippen LogP contribution in [0.5, 0.6) is 0 Å². The van der Waals surface area contributed by atoms with Crippen molar-refractivity contribution >= 4 is 11.9 Å². The third-order valence-electron chi connectivity index (χ3n) is 2.66. The van der Waals surface area contributed by atoms with Crippen molar-refractivity contribution in [1.29, 1.82) is 0 Å². The summed E-state index contributed by atoms with van der Waals surface area (Å²) in [5, 5.41) is 8.55. The Balaban J connectivity index is 2.32. The normalized spacial score (nSPS) is 19.5. The smallest absolute Gasteiger partial charge is 0.356 e. The number of carboxylic acid groups (broad SMARTS) is 1. The zero-order valence-corrected chi connectivity index (χ0v) is 9.61. The number of quaternary nitrogens is 1. The molecule has 1 saturated heterocycles. The summed E-state index contributed by atoms with van der Waals surface area (Å²) < 4.78 is 0. The van der Waals surface area contributed by atoms with E-state index in [0.717, 1.165) is 26.2 Å². The highest BCUT2D eigenvalue weighted by molar-refractivity contribution is 5.77. The van der Waals surface area contributed by atoms with Crippen molar-refractivity contribution in [2.75, 3.05) is 46.3 Å². The number of carbonyl (C=O) groups is 2. The van der Waals surface area contributed by atoms with E-state index in [1.165, 1.54) is 0 Å². The molecule has 1 unspecified atom stereocenters. The van der Waals surface area contributed by atoms with Crippen molar-refractivity contribution in [3.05, 3.63) is 7.05 Å². The molecule has 0 spiro atoms. The number of hydrogen-bond donors (Lipinski definition) is 2. The summed E-state index contributed by atoms with van der Waals surface area (Å²) in [5.41, 5.74) is 0. The Hall–Kier alpha value is -1.14. The Morgan fingerprint density at radius 2 is 1.81 bits per heavy atom. The van der Waals surface area contributed by atoms with Gasteiger partial charge in [0, 0.05) is 26.2 Å². The number of carboxylic acids is 1. The standard InChI is InChI=1S/C10H19N3O3/c1-11-3-5-13(6-4-11)9(14)7-12(2)8-10(15)16/h12H,2-8H2,1H3,(H,15,16). The van der Waals surface area contributed by atoms with Gasteiger partial charge in [-0.1, -0.05) is 0 Å². The number of nitrogens with one attached hydrogen (secondary N) is 1. The molecule has 1 atom stereocenters. The zero-order chi connectivity index (χ0) is 12.1. The van der Waals surface area contributed by atoms with Crippen LogP contribution in [-0.2, 0) is 9.59 Å². The number of amides is 1. The molecule has 0 saturated carbocycles. The molecule has 1 fully saturated rings. The maximum Gasteiger partial charge on any atom is 0.356 e. The Morgan fingerprint density at radius 3 is 2.31 bits per heavy atom. The highest BCUT2D eigenvalue weighted by atomic mass is 16.4. The van der Waals surface area contributed by atoms with Crippen molar-refractivity contribution in [2.45, 2.75) is 0 Å². The van der Waals surface area contributed by atoms with Crippen LogP contribution in [0.1, 0.15) is 0 Å². The summed E-state index contributed by atoms with van der Waals surface area (Å²) >= 11 is 0. The number of likely N-dealkylation sites (N-methyl/N-ethyl adjacent to an activating group) is 1. The number of nitrogens with zero attached hydrogens (tertiary/aromatic N) is 2. The highest BCUT2D eigenvalue weighted by Crippen LogP contribution is 1.98. The summed E-state index contributed by atoms with van der Waals surface area (Å²) in [6.45, 7) is 3.20. The second-order valence-electron chi connectivity index (χ2n) is 4.18. The molecule has 0 radical (unpaired) electrons. The third kappa shape index (κ3) is 4.16. The molecular formula is C10H19N3O3. The van der Waals surface area contributed by atoms with Gasteiger partial charge in [0.15, 0.2) is 6.54 Å². The van der Waals surface area contributed by atoms with Crippen LogP contribution in [0, 0.1) is 7.05 Å². The molecule has 0 aromatic rings. The molecule has 1 heterocycles. The fraction of sp³-hybridized carbons (Fsp3) is 0.700. The fourth-order valence-corrected chi connectivity index (χ4v) is 1.66. The predicted molar refractivity (Wildman–Crippen MR) is 57.8 cm³/mol. The number of hydrogen-bond acceptors (Lipinski definition) is 3. The van der Waals surface area contributed by atoms with Gasteiger partial charge >= 0.3 is 5.97 Å². The molecule has 1 rings (SSSR count). The minimum atomic E-state index is -0.934. The maximum absolute atomic E-state index is 11.8. The molecule has 6 heteroatoms. The monoisotopic (exact) mass is 229 g/mol. The van der Waals surface area contributed by atoms with Gasteiger partial charge in [-0.3, -0.25) is 4.79 Å². The van der Waals surface area contributed by atoms with Crippen molar-refractivity contribution in [3.63, 3.8) is 0 Å². The van der Waals surface area contributed by atoms with Crippen LogP contribution >= 0.6 is 0 Å². The van der Waals surface area contributed by atoms with Crippen molar-refractivity contribution < 1.29 is 19.6 Å². The predicted octanol–water partition coefficient (Wildman–Crippen LogP) is -2.48. The summed E-state index contributed by atoms with van der Waals surface area (Å²) in [5.74, 6) is -0.949. The number of carbonyl (C=O) groups excluding carboxylic acids is 1.